The summed E-state index contributed by atoms with van der Waals surface area (Å²) >= 11 is 0. The molecule has 1 heterocycles. The van der Waals surface area contributed by atoms with Gasteiger partial charge in [0, 0.05) is 11.3 Å². The maximum Gasteiger partial charge on any atom is 0.420 e. The second kappa shape index (κ2) is 6.39. The van der Waals surface area contributed by atoms with Gasteiger partial charge in [0.2, 0.25) is 5.91 Å². The van der Waals surface area contributed by atoms with Crippen molar-refractivity contribution in [1.82, 2.24) is 4.57 Å². The molecule has 0 atom stereocenters. The van der Waals surface area contributed by atoms with Crippen LogP contribution >= 0.6 is 0 Å². The van der Waals surface area contributed by atoms with Crippen molar-refractivity contribution >= 4 is 28.5 Å². The highest BCUT2D eigenvalue weighted by atomic mass is 16.4. The first-order valence-corrected chi connectivity index (χ1v) is 7.86. The van der Waals surface area contributed by atoms with Gasteiger partial charge in [-0.2, -0.15) is 0 Å². The minimum absolute atomic E-state index is 0.120. The number of aryl methyl sites for hydroxylation is 2. The van der Waals surface area contributed by atoms with Gasteiger partial charge in [0.15, 0.2) is 11.4 Å². The Bertz CT molecular complexity index is 1040. The van der Waals surface area contributed by atoms with Crippen LogP contribution in [0.15, 0.2) is 45.6 Å². The van der Waals surface area contributed by atoms with E-state index in [0.29, 0.717) is 16.8 Å². The van der Waals surface area contributed by atoms with Gasteiger partial charge in [-0.1, -0.05) is 12.1 Å². The summed E-state index contributed by atoms with van der Waals surface area (Å²) in [6, 6.07) is 10.5. The molecule has 25 heavy (non-hydrogen) atoms. The van der Waals surface area contributed by atoms with Gasteiger partial charge in [0.05, 0.1) is 5.52 Å². The van der Waals surface area contributed by atoms with Gasteiger partial charge < -0.3 is 9.73 Å². The molecule has 2 aromatic carbocycles. The van der Waals surface area contributed by atoms with Gasteiger partial charge in [-0.15, -0.1) is 0 Å². The molecule has 3 aromatic rings. The summed E-state index contributed by atoms with van der Waals surface area (Å²) in [4.78, 5) is 35.8. The van der Waals surface area contributed by atoms with E-state index in [2.05, 4.69) is 5.32 Å². The molecular weight excluding hydrogens is 320 g/mol. The van der Waals surface area contributed by atoms with Crippen LogP contribution in [0.1, 0.15) is 28.4 Å². The predicted molar refractivity (Wildman–Crippen MR) is 95.0 cm³/mol. The highest BCUT2D eigenvalue weighted by Crippen LogP contribution is 2.18. The largest absolute Gasteiger partial charge is 0.420 e. The van der Waals surface area contributed by atoms with Crippen LogP contribution in [0.3, 0.4) is 0 Å². The van der Waals surface area contributed by atoms with Gasteiger partial charge in [0.25, 0.3) is 0 Å². The Hall–Kier alpha value is -3.15. The van der Waals surface area contributed by atoms with E-state index in [0.717, 1.165) is 11.1 Å². The standard InChI is InChI=1S/C19H18N2O4/c1-11-4-5-12(2)15(8-11)20-18(23)10-21-16-7-6-14(13(3)22)9-17(16)25-19(21)24/h4-9H,10H2,1-3H3,(H,20,23). The summed E-state index contributed by atoms with van der Waals surface area (Å²) in [5.41, 5.74) is 3.90. The van der Waals surface area contributed by atoms with Crippen molar-refractivity contribution in [3.05, 3.63) is 63.6 Å². The molecule has 128 valence electrons. The number of benzene rings is 2. The molecule has 1 aromatic heterocycles. The zero-order valence-electron chi connectivity index (χ0n) is 14.3. The molecule has 3 rings (SSSR count). The van der Waals surface area contributed by atoms with E-state index in [1.54, 1.807) is 12.1 Å². The van der Waals surface area contributed by atoms with Gasteiger partial charge in [-0.3, -0.25) is 14.2 Å². The van der Waals surface area contributed by atoms with E-state index in [-0.39, 0.29) is 23.8 Å². The van der Waals surface area contributed by atoms with Crippen LogP contribution in [-0.2, 0) is 11.3 Å². The Kier molecular flexibility index (Phi) is 4.27. The number of carbonyl (C=O) groups is 2. The lowest BCUT2D eigenvalue weighted by molar-refractivity contribution is -0.116. The Balaban J connectivity index is 1.88. The average molecular weight is 338 g/mol. The van der Waals surface area contributed by atoms with Crippen LogP contribution in [-0.4, -0.2) is 16.3 Å². The van der Waals surface area contributed by atoms with Crippen molar-refractivity contribution in [2.24, 2.45) is 0 Å². The van der Waals surface area contributed by atoms with Crippen LogP contribution in [0.25, 0.3) is 11.1 Å². The van der Waals surface area contributed by atoms with Crippen LogP contribution < -0.4 is 11.1 Å². The summed E-state index contributed by atoms with van der Waals surface area (Å²) in [6.45, 7) is 5.11. The third-order valence-corrected chi connectivity index (χ3v) is 4.04. The number of hydrogen-bond acceptors (Lipinski definition) is 4. The minimum atomic E-state index is -0.633. The highest BCUT2D eigenvalue weighted by Gasteiger charge is 2.14. The minimum Gasteiger partial charge on any atom is -0.408 e. The number of hydrogen-bond donors (Lipinski definition) is 1. The SMILES string of the molecule is CC(=O)c1ccc2c(c1)oc(=O)n2CC(=O)Nc1cc(C)ccc1C. The first kappa shape index (κ1) is 16.7. The van der Waals surface area contributed by atoms with E-state index in [9.17, 15) is 14.4 Å². The predicted octanol–water partition coefficient (Wildman–Crippen LogP) is 3.05. The molecule has 1 N–H and O–H groups in total. The lowest BCUT2D eigenvalue weighted by Crippen LogP contribution is -2.25. The number of amides is 1. The number of rotatable bonds is 4. The molecule has 6 heteroatoms. The van der Waals surface area contributed by atoms with Gasteiger partial charge in [-0.25, -0.2) is 4.79 Å². The van der Waals surface area contributed by atoms with E-state index in [4.69, 9.17) is 4.42 Å². The van der Waals surface area contributed by atoms with Crippen molar-refractivity contribution in [2.75, 3.05) is 5.32 Å². The van der Waals surface area contributed by atoms with E-state index in [1.807, 2.05) is 32.0 Å². The second-order valence-corrected chi connectivity index (χ2v) is 6.06. The zero-order chi connectivity index (χ0) is 18.1. The molecule has 0 aliphatic heterocycles. The molecule has 0 aliphatic rings. The van der Waals surface area contributed by atoms with Crippen LogP contribution in [0.4, 0.5) is 5.69 Å². The van der Waals surface area contributed by atoms with Gasteiger partial charge in [-0.05, 0) is 56.2 Å². The van der Waals surface area contributed by atoms with Crippen molar-refractivity contribution in [3.63, 3.8) is 0 Å². The molecular formula is C19H18N2O4. The number of Topliss-reactive ketones (excluding diaryl/α,β-unsaturated/α-hetero) is 1. The fraction of sp³-hybridized carbons (Fsp3) is 0.211. The van der Waals surface area contributed by atoms with E-state index in [1.165, 1.54) is 17.6 Å². The summed E-state index contributed by atoms with van der Waals surface area (Å²) in [5.74, 6) is -1.08. The average Bonchev–Trinajstić information content (AvgIpc) is 2.86. The smallest absolute Gasteiger partial charge is 0.408 e. The molecule has 0 fully saturated rings. The number of nitrogens with zero attached hydrogens (tertiary/aromatic N) is 1. The Labute approximate surface area is 144 Å². The first-order valence-electron chi connectivity index (χ1n) is 7.86. The molecule has 0 saturated heterocycles. The molecule has 1 amide bonds. The fourth-order valence-electron chi connectivity index (χ4n) is 2.64. The van der Waals surface area contributed by atoms with Crippen LogP contribution in [0.2, 0.25) is 0 Å². The first-order chi connectivity index (χ1) is 11.8. The molecule has 0 unspecified atom stereocenters. The Morgan fingerprint density at radius 3 is 2.60 bits per heavy atom. The van der Waals surface area contributed by atoms with Crippen molar-refractivity contribution < 1.29 is 14.0 Å². The number of nitrogens with one attached hydrogen (secondary N) is 1. The lowest BCUT2D eigenvalue weighted by Gasteiger charge is -2.09. The van der Waals surface area contributed by atoms with Crippen molar-refractivity contribution in [3.8, 4) is 0 Å². The number of oxazole rings is 1. The number of aromatic nitrogens is 1. The van der Waals surface area contributed by atoms with Crippen LogP contribution in [0, 0.1) is 13.8 Å². The van der Waals surface area contributed by atoms with E-state index < -0.39 is 5.76 Å². The molecule has 0 saturated carbocycles. The third kappa shape index (κ3) is 3.38. The summed E-state index contributed by atoms with van der Waals surface area (Å²) in [6.07, 6.45) is 0. The number of anilines is 1. The maximum atomic E-state index is 12.3. The van der Waals surface area contributed by atoms with Gasteiger partial charge >= 0.3 is 5.76 Å². The maximum absolute atomic E-state index is 12.3. The summed E-state index contributed by atoms with van der Waals surface area (Å²) < 4.78 is 6.41. The second-order valence-electron chi connectivity index (χ2n) is 6.06. The van der Waals surface area contributed by atoms with Crippen LogP contribution in [0.5, 0.6) is 0 Å². The number of ketones is 1. The number of carbonyl (C=O) groups excluding carboxylic acids is 2. The highest BCUT2D eigenvalue weighted by molar-refractivity contribution is 5.97. The van der Waals surface area contributed by atoms with Crippen molar-refractivity contribution in [1.29, 1.82) is 0 Å². The lowest BCUT2D eigenvalue weighted by atomic mass is 10.1. The molecule has 0 aliphatic carbocycles. The quantitative estimate of drug-likeness (QED) is 0.741. The van der Waals surface area contributed by atoms with Crippen molar-refractivity contribution in [2.45, 2.75) is 27.3 Å². The van der Waals surface area contributed by atoms with E-state index >= 15 is 0 Å². The fourth-order valence-corrected chi connectivity index (χ4v) is 2.64. The summed E-state index contributed by atoms with van der Waals surface area (Å²) in [5, 5.41) is 2.82. The Morgan fingerprint density at radius 1 is 1.12 bits per heavy atom. The monoisotopic (exact) mass is 338 g/mol. The van der Waals surface area contributed by atoms with Gasteiger partial charge in [0.1, 0.15) is 6.54 Å². The molecule has 0 radical (unpaired) electrons. The Morgan fingerprint density at radius 2 is 1.88 bits per heavy atom. The topological polar surface area (TPSA) is 81.3 Å². The molecule has 0 spiro atoms. The summed E-state index contributed by atoms with van der Waals surface area (Å²) in [7, 11) is 0. The molecule has 6 nitrogen and oxygen atoms in total. The number of fused-ring (bicyclic) bond motifs is 1. The normalized spacial score (nSPS) is 10.8. The zero-order valence-corrected chi connectivity index (χ0v) is 14.3. The third-order valence-electron chi connectivity index (χ3n) is 4.04. The molecule has 0 bridgehead atoms.